The molecule has 0 fully saturated rings. The molecule has 0 aliphatic heterocycles. The van der Waals surface area contributed by atoms with E-state index < -0.39 is 24.4 Å². The van der Waals surface area contributed by atoms with Gasteiger partial charge in [-0.25, -0.2) is 4.39 Å². The molecule has 0 spiro atoms. The minimum atomic E-state index is -2.98. The Labute approximate surface area is 153 Å². The SMILES string of the molecule is COc1cc(/C=N/OC(C)C(=O)Nc2ccccc2F)ccc1OC(F)F. The van der Waals surface area contributed by atoms with E-state index in [0.717, 1.165) is 0 Å². The second-order valence-corrected chi connectivity index (χ2v) is 5.24. The van der Waals surface area contributed by atoms with Crippen molar-refractivity contribution in [3.63, 3.8) is 0 Å². The molecule has 2 aromatic carbocycles. The predicted octanol–water partition coefficient (Wildman–Crippen LogP) is 3.81. The third kappa shape index (κ3) is 5.91. The Bertz CT molecular complexity index is 815. The smallest absolute Gasteiger partial charge is 0.387 e. The number of hydrogen-bond donors (Lipinski definition) is 1. The highest BCUT2D eigenvalue weighted by Gasteiger charge is 2.16. The largest absolute Gasteiger partial charge is 0.493 e. The lowest BCUT2D eigenvalue weighted by Crippen LogP contribution is -2.26. The molecule has 0 heterocycles. The highest BCUT2D eigenvalue weighted by Crippen LogP contribution is 2.28. The lowest BCUT2D eigenvalue weighted by atomic mass is 10.2. The Morgan fingerprint density at radius 2 is 1.93 bits per heavy atom. The summed E-state index contributed by atoms with van der Waals surface area (Å²) < 4.78 is 47.4. The van der Waals surface area contributed by atoms with Crippen LogP contribution in [0, 0.1) is 5.82 Å². The van der Waals surface area contributed by atoms with E-state index in [0.29, 0.717) is 5.56 Å². The second-order valence-electron chi connectivity index (χ2n) is 5.24. The van der Waals surface area contributed by atoms with Crippen molar-refractivity contribution in [2.45, 2.75) is 19.6 Å². The molecule has 0 bridgehead atoms. The zero-order chi connectivity index (χ0) is 19.8. The summed E-state index contributed by atoms with van der Waals surface area (Å²) in [6.07, 6.45) is 0.269. The average molecular weight is 382 g/mol. The average Bonchev–Trinajstić information content (AvgIpc) is 2.64. The zero-order valence-electron chi connectivity index (χ0n) is 14.5. The molecular weight excluding hydrogens is 365 g/mol. The van der Waals surface area contributed by atoms with Crippen LogP contribution in [0.15, 0.2) is 47.6 Å². The van der Waals surface area contributed by atoms with Gasteiger partial charge < -0.3 is 19.6 Å². The van der Waals surface area contributed by atoms with Gasteiger partial charge >= 0.3 is 6.61 Å². The van der Waals surface area contributed by atoms with Crippen molar-refractivity contribution in [2.24, 2.45) is 5.16 Å². The van der Waals surface area contributed by atoms with E-state index in [4.69, 9.17) is 9.57 Å². The van der Waals surface area contributed by atoms with Gasteiger partial charge in [0, 0.05) is 5.56 Å². The molecule has 0 saturated heterocycles. The molecule has 0 aliphatic rings. The molecule has 1 amide bonds. The fraction of sp³-hybridized carbons (Fsp3) is 0.222. The normalized spacial score (nSPS) is 12.1. The Balaban J connectivity index is 1.96. The number of carbonyl (C=O) groups is 1. The molecule has 6 nitrogen and oxygen atoms in total. The first kappa shape index (κ1) is 20.1. The Morgan fingerprint density at radius 3 is 2.59 bits per heavy atom. The maximum absolute atomic E-state index is 13.5. The van der Waals surface area contributed by atoms with Gasteiger partial charge in [0.25, 0.3) is 5.91 Å². The molecule has 27 heavy (non-hydrogen) atoms. The molecule has 0 aliphatic carbocycles. The molecule has 1 atom stereocenters. The minimum absolute atomic E-state index is 0.0290. The van der Waals surface area contributed by atoms with Crippen LogP contribution in [0.3, 0.4) is 0 Å². The number of ether oxygens (including phenoxy) is 2. The lowest BCUT2D eigenvalue weighted by Gasteiger charge is -2.11. The quantitative estimate of drug-likeness (QED) is 0.557. The summed E-state index contributed by atoms with van der Waals surface area (Å²) in [5.74, 6) is -1.19. The maximum Gasteiger partial charge on any atom is 0.387 e. The van der Waals surface area contributed by atoms with Gasteiger partial charge in [-0.3, -0.25) is 4.79 Å². The third-order valence-electron chi connectivity index (χ3n) is 3.33. The molecule has 0 radical (unpaired) electrons. The number of methoxy groups -OCH3 is 1. The first-order valence-electron chi connectivity index (χ1n) is 7.78. The Morgan fingerprint density at radius 1 is 1.19 bits per heavy atom. The molecular formula is C18H17F3N2O4. The van der Waals surface area contributed by atoms with Crippen LogP contribution >= 0.6 is 0 Å². The fourth-order valence-electron chi connectivity index (χ4n) is 1.99. The van der Waals surface area contributed by atoms with Crippen LogP contribution in [0.5, 0.6) is 11.5 Å². The molecule has 2 rings (SSSR count). The molecule has 1 unspecified atom stereocenters. The predicted molar refractivity (Wildman–Crippen MR) is 92.8 cm³/mol. The fourth-order valence-corrected chi connectivity index (χ4v) is 1.99. The second kappa shape index (κ2) is 9.46. The van der Waals surface area contributed by atoms with Crippen LogP contribution in [-0.2, 0) is 9.63 Å². The van der Waals surface area contributed by atoms with Gasteiger partial charge in [-0.2, -0.15) is 8.78 Å². The van der Waals surface area contributed by atoms with E-state index in [-0.39, 0.29) is 17.2 Å². The number of oxime groups is 1. The lowest BCUT2D eigenvalue weighted by molar-refractivity contribution is -0.126. The number of benzene rings is 2. The Kier molecular flexibility index (Phi) is 7.04. The standard InChI is InChI=1S/C18H17F3N2O4/c1-11(17(24)23-14-6-4-3-5-13(14)19)27-22-10-12-7-8-15(26-18(20)21)16(9-12)25-2/h3-11,18H,1-2H3,(H,23,24)/b22-10+. The van der Waals surface area contributed by atoms with E-state index in [9.17, 15) is 18.0 Å². The van der Waals surface area contributed by atoms with Crippen LogP contribution in [0.1, 0.15) is 12.5 Å². The van der Waals surface area contributed by atoms with Gasteiger partial charge in [0.15, 0.2) is 11.5 Å². The van der Waals surface area contributed by atoms with Crippen LogP contribution in [0.4, 0.5) is 18.9 Å². The van der Waals surface area contributed by atoms with Gasteiger partial charge in [0.05, 0.1) is 19.0 Å². The number of anilines is 1. The maximum atomic E-state index is 13.5. The van der Waals surface area contributed by atoms with Gasteiger partial charge in [-0.05, 0) is 37.3 Å². The van der Waals surface area contributed by atoms with E-state index in [1.165, 1.54) is 56.6 Å². The van der Waals surface area contributed by atoms with E-state index >= 15 is 0 Å². The number of carbonyl (C=O) groups excluding carboxylic acids is 1. The summed E-state index contributed by atoms with van der Waals surface area (Å²) in [5, 5.41) is 6.05. The zero-order valence-corrected chi connectivity index (χ0v) is 14.5. The summed E-state index contributed by atoms with van der Waals surface area (Å²) in [6, 6.07) is 9.87. The van der Waals surface area contributed by atoms with Crippen molar-refractivity contribution >= 4 is 17.8 Å². The van der Waals surface area contributed by atoms with Gasteiger partial charge in [-0.15, -0.1) is 0 Å². The number of rotatable bonds is 8. The van der Waals surface area contributed by atoms with Gasteiger partial charge in [-0.1, -0.05) is 17.3 Å². The van der Waals surface area contributed by atoms with Crippen molar-refractivity contribution in [3.8, 4) is 11.5 Å². The van der Waals surface area contributed by atoms with Gasteiger partial charge in [0.1, 0.15) is 5.82 Å². The topological polar surface area (TPSA) is 69.2 Å². The van der Waals surface area contributed by atoms with Crippen molar-refractivity contribution in [1.82, 2.24) is 0 Å². The van der Waals surface area contributed by atoms with Crippen molar-refractivity contribution in [2.75, 3.05) is 12.4 Å². The van der Waals surface area contributed by atoms with E-state index in [2.05, 4.69) is 15.2 Å². The van der Waals surface area contributed by atoms with Crippen molar-refractivity contribution < 1.29 is 32.3 Å². The molecule has 144 valence electrons. The van der Waals surface area contributed by atoms with E-state index in [1.807, 2.05) is 0 Å². The molecule has 9 heteroatoms. The summed E-state index contributed by atoms with van der Waals surface area (Å²) in [4.78, 5) is 17.0. The number of alkyl halides is 2. The highest BCUT2D eigenvalue weighted by atomic mass is 19.3. The number of halogens is 3. The number of nitrogens with zero attached hydrogens (tertiary/aromatic N) is 1. The molecule has 1 N–H and O–H groups in total. The van der Waals surface area contributed by atoms with Crippen molar-refractivity contribution in [1.29, 1.82) is 0 Å². The molecule has 0 aromatic heterocycles. The van der Waals surface area contributed by atoms with Crippen LogP contribution in [0.2, 0.25) is 0 Å². The van der Waals surface area contributed by atoms with Crippen LogP contribution < -0.4 is 14.8 Å². The minimum Gasteiger partial charge on any atom is -0.493 e. The summed E-state index contributed by atoms with van der Waals surface area (Å²) >= 11 is 0. The summed E-state index contributed by atoms with van der Waals surface area (Å²) in [5.41, 5.74) is 0.497. The number of nitrogens with one attached hydrogen (secondary N) is 1. The van der Waals surface area contributed by atoms with Crippen LogP contribution in [0.25, 0.3) is 0 Å². The Hall–Kier alpha value is -3.23. The number of hydrogen-bond acceptors (Lipinski definition) is 5. The first-order valence-corrected chi connectivity index (χ1v) is 7.78. The number of amides is 1. The van der Waals surface area contributed by atoms with Crippen LogP contribution in [-0.4, -0.2) is 31.9 Å². The first-order chi connectivity index (χ1) is 12.9. The summed E-state index contributed by atoms with van der Waals surface area (Å²) in [6.45, 7) is -1.54. The van der Waals surface area contributed by atoms with E-state index in [1.54, 1.807) is 6.07 Å². The monoisotopic (exact) mass is 382 g/mol. The summed E-state index contributed by atoms with van der Waals surface area (Å²) in [7, 11) is 1.31. The third-order valence-corrected chi connectivity index (χ3v) is 3.33. The highest BCUT2D eigenvalue weighted by molar-refractivity contribution is 5.94. The van der Waals surface area contributed by atoms with Gasteiger partial charge in [0.2, 0.25) is 6.10 Å². The van der Waals surface area contributed by atoms with Crippen molar-refractivity contribution in [3.05, 3.63) is 53.8 Å². The molecule has 2 aromatic rings. The number of para-hydroxylation sites is 1. The molecule has 0 saturated carbocycles.